The molecule has 1 saturated heterocycles. The molecular formula is C13H23N5O3S. The SMILES string of the molecule is CC(C)c1nn(C)cc1NC(=O)N1CCC(NS(C)(=O)=O)C1. The Hall–Kier alpha value is -1.61. The highest BCUT2D eigenvalue weighted by Gasteiger charge is 2.28. The number of anilines is 1. The summed E-state index contributed by atoms with van der Waals surface area (Å²) in [7, 11) is -1.44. The maximum absolute atomic E-state index is 12.3. The molecule has 8 nitrogen and oxygen atoms in total. The van der Waals surface area contributed by atoms with Crippen molar-refractivity contribution >= 4 is 21.7 Å². The lowest BCUT2D eigenvalue weighted by atomic mass is 10.1. The summed E-state index contributed by atoms with van der Waals surface area (Å²) in [5.74, 6) is 0.203. The van der Waals surface area contributed by atoms with Crippen molar-refractivity contribution in [3.05, 3.63) is 11.9 Å². The zero-order valence-corrected chi connectivity index (χ0v) is 14.1. The van der Waals surface area contributed by atoms with E-state index in [2.05, 4.69) is 15.1 Å². The number of nitrogens with one attached hydrogen (secondary N) is 2. The van der Waals surface area contributed by atoms with Gasteiger partial charge in [0.05, 0.1) is 17.6 Å². The van der Waals surface area contributed by atoms with Crippen molar-refractivity contribution < 1.29 is 13.2 Å². The van der Waals surface area contributed by atoms with Crippen LogP contribution in [0.4, 0.5) is 10.5 Å². The second-order valence-corrected chi connectivity index (χ2v) is 7.79. The van der Waals surface area contributed by atoms with Gasteiger partial charge < -0.3 is 10.2 Å². The van der Waals surface area contributed by atoms with E-state index in [0.717, 1.165) is 11.9 Å². The third-order valence-electron chi connectivity index (χ3n) is 3.50. The predicted octanol–water partition coefficient (Wildman–Crippen LogP) is 0.699. The van der Waals surface area contributed by atoms with Crippen LogP contribution in [0.25, 0.3) is 0 Å². The molecule has 0 radical (unpaired) electrons. The van der Waals surface area contributed by atoms with E-state index in [0.29, 0.717) is 25.2 Å². The molecule has 2 rings (SSSR count). The van der Waals surface area contributed by atoms with Gasteiger partial charge in [0.2, 0.25) is 10.0 Å². The number of rotatable bonds is 4. The molecular weight excluding hydrogens is 306 g/mol. The molecule has 0 spiro atoms. The average molecular weight is 329 g/mol. The quantitative estimate of drug-likeness (QED) is 0.850. The van der Waals surface area contributed by atoms with E-state index in [1.165, 1.54) is 0 Å². The van der Waals surface area contributed by atoms with Crippen molar-refractivity contribution in [2.75, 3.05) is 24.7 Å². The van der Waals surface area contributed by atoms with Crippen molar-refractivity contribution in [1.29, 1.82) is 0 Å². The Labute approximate surface area is 130 Å². The van der Waals surface area contributed by atoms with E-state index in [-0.39, 0.29) is 18.0 Å². The lowest BCUT2D eigenvalue weighted by Gasteiger charge is -2.17. The minimum absolute atomic E-state index is 0.203. The molecule has 0 aliphatic carbocycles. The summed E-state index contributed by atoms with van der Waals surface area (Å²) in [5, 5.41) is 7.21. The first-order valence-electron chi connectivity index (χ1n) is 7.22. The van der Waals surface area contributed by atoms with E-state index in [9.17, 15) is 13.2 Å². The van der Waals surface area contributed by atoms with Crippen LogP contribution in [0.1, 0.15) is 31.9 Å². The molecule has 1 aromatic rings. The third kappa shape index (κ3) is 4.20. The van der Waals surface area contributed by atoms with Gasteiger partial charge in [0, 0.05) is 32.4 Å². The Morgan fingerprint density at radius 2 is 2.14 bits per heavy atom. The van der Waals surface area contributed by atoms with Gasteiger partial charge >= 0.3 is 6.03 Å². The topological polar surface area (TPSA) is 96.3 Å². The van der Waals surface area contributed by atoms with Crippen LogP contribution in [-0.4, -0.2) is 54.5 Å². The number of sulfonamides is 1. The smallest absolute Gasteiger partial charge is 0.321 e. The average Bonchev–Trinajstić information content (AvgIpc) is 2.94. The number of urea groups is 1. The van der Waals surface area contributed by atoms with E-state index in [4.69, 9.17) is 0 Å². The number of hydrogen-bond acceptors (Lipinski definition) is 4. The van der Waals surface area contributed by atoms with E-state index < -0.39 is 10.0 Å². The number of aromatic nitrogens is 2. The third-order valence-corrected chi connectivity index (χ3v) is 4.26. The van der Waals surface area contributed by atoms with Crippen molar-refractivity contribution in [2.24, 2.45) is 7.05 Å². The fourth-order valence-electron chi connectivity index (χ4n) is 2.57. The minimum atomic E-state index is -3.25. The summed E-state index contributed by atoms with van der Waals surface area (Å²) < 4.78 is 26.7. The first kappa shape index (κ1) is 16.8. The first-order chi connectivity index (χ1) is 10.2. The Bertz CT molecular complexity index is 653. The second kappa shape index (κ2) is 6.25. The summed E-state index contributed by atoms with van der Waals surface area (Å²) in [4.78, 5) is 13.9. The van der Waals surface area contributed by atoms with Gasteiger partial charge in [0.25, 0.3) is 0 Å². The van der Waals surface area contributed by atoms with Crippen LogP contribution in [0.3, 0.4) is 0 Å². The molecule has 2 N–H and O–H groups in total. The van der Waals surface area contributed by atoms with Gasteiger partial charge in [-0.2, -0.15) is 5.10 Å². The molecule has 0 bridgehead atoms. The van der Waals surface area contributed by atoms with Gasteiger partial charge in [-0.1, -0.05) is 13.8 Å². The summed E-state index contributed by atoms with van der Waals surface area (Å²) in [5.41, 5.74) is 1.53. The normalized spacial score (nSPS) is 19.0. The van der Waals surface area contributed by atoms with E-state index in [1.54, 1.807) is 15.8 Å². The van der Waals surface area contributed by atoms with Crippen LogP contribution in [0.15, 0.2) is 6.20 Å². The molecule has 1 atom stereocenters. The molecule has 124 valence electrons. The summed E-state index contributed by atoms with van der Waals surface area (Å²) >= 11 is 0. The Balaban J connectivity index is 1.99. The zero-order valence-electron chi connectivity index (χ0n) is 13.3. The van der Waals surface area contributed by atoms with Gasteiger partial charge in [0.15, 0.2) is 0 Å². The molecule has 1 unspecified atom stereocenters. The standard InChI is InChI=1S/C13H23N5O3S/c1-9(2)12-11(8-17(3)15-12)14-13(19)18-6-5-10(7-18)16-22(4,20)21/h8-10,16H,5-7H2,1-4H3,(H,14,19). The van der Waals surface area contributed by atoms with Crippen LogP contribution < -0.4 is 10.0 Å². The van der Waals surface area contributed by atoms with Crippen LogP contribution >= 0.6 is 0 Å². The van der Waals surface area contributed by atoms with Crippen LogP contribution in [-0.2, 0) is 17.1 Å². The molecule has 0 saturated carbocycles. The molecule has 2 amide bonds. The Morgan fingerprint density at radius 3 is 2.73 bits per heavy atom. The highest BCUT2D eigenvalue weighted by molar-refractivity contribution is 7.88. The van der Waals surface area contributed by atoms with Crippen molar-refractivity contribution in [3.8, 4) is 0 Å². The van der Waals surface area contributed by atoms with Gasteiger partial charge in [-0.25, -0.2) is 17.9 Å². The fourth-order valence-corrected chi connectivity index (χ4v) is 3.36. The zero-order chi connectivity index (χ0) is 16.5. The highest BCUT2D eigenvalue weighted by Crippen LogP contribution is 2.23. The van der Waals surface area contributed by atoms with Crippen LogP contribution in [0, 0.1) is 0 Å². The van der Waals surface area contributed by atoms with Crippen molar-refractivity contribution in [2.45, 2.75) is 32.2 Å². The monoisotopic (exact) mass is 329 g/mol. The molecule has 1 aliphatic heterocycles. The number of amides is 2. The van der Waals surface area contributed by atoms with Gasteiger partial charge in [-0.15, -0.1) is 0 Å². The molecule has 0 aromatic carbocycles. The van der Waals surface area contributed by atoms with Gasteiger partial charge in [-0.3, -0.25) is 4.68 Å². The maximum Gasteiger partial charge on any atom is 0.321 e. The number of hydrogen-bond donors (Lipinski definition) is 2. The number of carbonyl (C=O) groups is 1. The molecule has 2 heterocycles. The molecule has 1 fully saturated rings. The maximum atomic E-state index is 12.3. The summed E-state index contributed by atoms with van der Waals surface area (Å²) in [6.07, 6.45) is 3.51. The van der Waals surface area contributed by atoms with Crippen molar-refractivity contribution in [3.63, 3.8) is 0 Å². The lowest BCUT2D eigenvalue weighted by Crippen LogP contribution is -2.39. The van der Waals surface area contributed by atoms with Gasteiger partial charge in [-0.05, 0) is 12.3 Å². The van der Waals surface area contributed by atoms with E-state index >= 15 is 0 Å². The highest BCUT2D eigenvalue weighted by atomic mass is 32.2. The molecule has 22 heavy (non-hydrogen) atoms. The second-order valence-electron chi connectivity index (χ2n) is 6.01. The molecule has 1 aliphatic rings. The summed E-state index contributed by atoms with van der Waals surface area (Å²) in [6.45, 7) is 4.92. The Morgan fingerprint density at radius 1 is 1.45 bits per heavy atom. The molecule has 9 heteroatoms. The lowest BCUT2D eigenvalue weighted by molar-refractivity contribution is 0.221. The van der Waals surface area contributed by atoms with Crippen LogP contribution in [0.5, 0.6) is 0 Å². The first-order valence-corrected chi connectivity index (χ1v) is 9.11. The fraction of sp³-hybridized carbons (Fsp3) is 0.692. The summed E-state index contributed by atoms with van der Waals surface area (Å²) in [6, 6.07) is -0.452. The van der Waals surface area contributed by atoms with Gasteiger partial charge in [0.1, 0.15) is 0 Å². The molecule has 1 aromatic heterocycles. The predicted molar refractivity (Wildman–Crippen MR) is 84.3 cm³/mol. The van der Waals surface area contributed by atoms with E-state index in [1.807, 2.05) is 20.9 Å². The minimum Gasteiger partial charge on any atom is -0.323 e. The number of carbonyl (C=O) groups excluding carboxylic acids is 1. The Kier molecular flexibility index (Phi) is 4.76. The number of nitrogens with zero attached hydrogens (tertiary/aromatic N) is 3. The number of aryl methyl sites for hydroxylation is 1. The number of likely N-dealkylation sites (tertiary alicyclic amines) is 1. The van der Waals surface area contributed by atoms with Crippen molar-refractivity contribution in [1.82, 2.24) is 19.4 Å². The van der Waals surface area contributed by atoms with Crippen LogP contribution in [0.2, 0.25) is 0 Å². The largest absolute Gasteiger partial charge is 0.323 e.